The van der Waals surface area contributed by atoms with E-state index in [2.05, 4.69) is 4.98 Å². The van der Waals surface area contributed by atoms with Crippen LogP contribution in [0.4, 0.5) is 0 Å². The molecule has 0 spiro atoms. The molecule has 0 saturated heterocycles. The second-order valence-corrected chi connectivity index (χ2v) is 4.69. The van der Waals surface area contributed by atoms with E-state index in [9.17, 15) is 14.7 Å². The molecule has 0 bridgehead atoms. The van der Waals surface area contributed by atoms with Crippen LogP contribution < -0.4 is 5.43 Å². The third-order valence-corrected chi connectivity index (χ3v) is 3.38. The second-order valence-electron chi connectivity index (χ2n) is 4.69. The number of hydrogen-bond acceptors (Lipinski definition) is 3. The summed E-state index contributed by atoms with van der Waals surface area (Å²) in [4.78, 5) is 27.3. The number of hydrogen-bond donors (Lipinski definition) is 1. The van der Waals surface area contributed by atoms with Crippen molar-refractivity contribution in [2.45, 2.75) is 13.1 Å². The average Bonchev–Trinajstić information content (AvgIpc) is 3.00. The molecular formula is C15H13N3O3. The van der Waals surface area contributed by atoms with Crippen molar-refractivity contribution in [3.8, 4) is 0 Å². The van der Waals surface area contributed by atoms with Crippen LogP contribution in [0.2, 0.25) is 0 Å². The zero-order chi connectivity index (χ0) is 14.8. The van der Waals surface area contributed by atoms with Gasteiger partial charge in [-0.2, -0.15) is 0 Å². The Labute approximate surface area is 119 Å². The third kappa shape index (κ3) is 2.43. The lowest BCUT2D eigenvalue weighted by molar-refractivity contribution is 0.0695. The van der Waals surface area contributed by atoms with Gasteiger partial charge in [0.2, 0.25) is 5.43 Å². The number of pyridine rings is 1. The van der Waals surface area contributed by atoms with Gasteiger partial charge in [0.25, 0.3) is 0 Å². The molecule has 1 N–H and O–H groups in total. The first-order valence-corrected chi connectivity index (χ1v) is 6.48. The van der Waals surface area contributed by atoms with Gasteiger partial charge in [-0.15, -0.1) is 0 Å². The van der Waals surface area contributed by atoms with Crippen LogP contribution in [0.5, 0.6) is 0 Å². The Hall–Kier alpha value is -2.89. The molecular weight excluding hydrogens is 270 g/mol. The first-order valence-electron chi connectivity index (χ1n) is 6.48. The summed E-state index contributed by atoms with van der Waals surface area (Å²) in [5.41, 5.74) is 0.0731. The van der Waals surface area contributed by atoms with Crippen LogP contribution in [0.1, 0.15) is 10.4 Å². The van der Waals surface area contributed by atoms with Gasteiger partial charge in [0.15, 0.2) is 0 Å². The second kappa shape index (κ2) is 5.24. The minimum Gasteiger partial charge on any atom is -0.477 e. The molecule has 2 aromatic heterocycles. The molecule has 3 aromatic rings. The Morgan fingerprint density at radius 2 is 2.05 bits per heavy atom. The van der Waals surface area contributed by atoms with E-state index in [-0.39, 0.29) is 5.56 Å². The highest BCUT2D eigenvalue weighted by molar-refractivity contribution is 5.92. The maximum absolute atomic E-state index is 12.1. The van der Waals surface area contributed by atoms with E-state index in [0.717, 1.165) is 5.52 Å². The van der Waals surface area contributed by atoms with Gasteiger partial charge in [-0.1, -0.05) is 12.1 Å². The van der Waals surface area contributed by atoms with Gasteiger partial charge in [-0.05, 0) is 12.1 Å². The van der Waals surface area contributed by atoms with Gasteiger partial charge in [0.1, 0.15) is 5.56 Å². The van der Waals surface area contributed by atoms with Crippen molar-refractivity contribution in [3.63, 3.8) is 0 Å². The number of carbonyl (C=O) groups is 1. The van der Waals surface area contributed by atoms with Crippen molar-refractivity contribution in [2.75, 3.05) is 0 Å². The quantitative estimate of drug-likeness (QED) is 0.789. The van der Waals surface area contributed by atoms with Crippen molar-refractivity contribution < 1.29 is 9.90 Å². The summed E-state index contributed by atoms with van der Waals surface area (Å²) in [5.74, 6) is -1.21. The number of rotatable bonds is 4. The molecule has 2 heterocycles. The molecule has 6 nitrogen and oxygen atoms in total. The van der Waals surface area contributed by atoms with Gasteiger partial charge in [-0.3, -0.25) is 4.79 Å². The van der Waals surface area contributed by atoms with Crippen molar-refractivity contribution in [2.24, 2.45) is 0 Å². The number of carboxylic acid groups (broad SMARTS) is 1. The van der Waals surface area contributed by atoms with Gasteiger partial charge in [0, 0.05) is 37.1 Å². The van der Waals surface area contributed by atoms with Crippen molar-refractivity contribution in [3.05, 3.63) is 65.0 Å². The van der Waals surface area contributed by atoms with Crippen LogP contribution in [0.3, 0.4) is 0 Å². The lowest BCUT2D eigenvalue weighted by Gasteiger charge is -2.12. The van der Waals surface area contributed by atoms with Gasteiger partial charge < -0.3 is 14.2 Å². The molecule has 0 atom stereocenters. The van der Waals surface area contributed by atoms with E-state index in [1.807, 2.05) is 22.9 Å². The summed E-state index contributed by atoms with van der Waals surface area (Å²) >= 11 is 0. The smallest absolute Gasteiger partial charge is 0.341 e. The molecule has 0 amide bonds. The number of aromatic nitrogens is 3. The van der Waals surface area contributed by atoms with E-state index in [4.69, 9.17) is 0 Å². The third-order valence-electron chi connectivity index (χ3n) is 3.38. The molecule has 0 fully saturated rings. The van der Waals surface area contributed by atoms with Gasteiger partial charge in [0.05, 0.1) is 11.8 Å². The highest BCUT2D eigenvalue weighted by Gasteiger charge is 2.13. The molecule has 3 rings (SSSR count). The molecule has 106 valence electrons. The number of imidazole rings is 1. The molecule has 0 aliphatic carbocycles. The highest BCUT2D eigenvalue weighted by Crippen LogP contribution is 2.12. The maximum Gasteiger partial charge on any atom is 0.341 e. The molecule has 6 heteroatoms. The number of aromatic carboxylic acids is 1. The Balaban J connectivity index is 2.10. The largest absolute Gasteiger partial charge is 0.477 e. The topological polar surface area (TPSA) is 77.1 Å². The van der Waals surface area contributed by atoms with E-state index < -0.39 is 11.4 Å². The maximum atomic E-state index is 12.1. The highest BCUT2D eigenvalue weighted by atomic mass is 16.4. The number of fused-ring (bicyclic) bond motifs is 1. The fourth-order valence-electron chi connectivity index (χ4n) is 2.32. The summed E-state index contributed by atoms with van der Waals surface area (Å²) in [6.45, 7) is 1.20. The van der Waals surface area contributed by atoms with Crippen LogP contribution in [-0.4, -0.2) is 25.2 Å². The normalized spacial score (nSPS) is 10.9. The number of nitrogens with zero attached hydrogens (tertiary/aromatic N) is 3. The van der Waals surface area contributed by atoms with Crippen LogP contribution in [0.15, 0.2) is 54.0 Å². The summed E-state index contributed by atoms with van der Waals surface area (Å²) in [5, 5.41) is 9.59. The molecule has 0 radical (unpaired) electrons. The predicted octanol–water partition coefficient (Wildman–Crippen LogP) is 1.60. The van der Waals surface area contributed by atoms with E-state index >= 15 is 0 Å². The molecule has 1 aromatic carbocycles. The Morgan fingerprint density at radius 3 is 2.76 bits per heavy atom. The zero-order valence-electron chi connectivity index (χ0n) is 11.1. The Morgan fingerprint density at radius 1 is 1.24 bits per heavy atom. The summed E-state index contributed by atoms with van der Waals surface area (Å²) in [7, 11) is 0. The minimum atomic E-state index is -1.21. The Bertz CT molecular complexity index is 850. The Kier molecular flexibility index (Phi) is 3.27. The van der Waals surface area contributed by atoms with Crippen LogP contribution >= 0.6 is 0 Å². The predicted molar refractivity (Wildman–Crippen MR) is 77.4 cm³/mol. The average molecular weight is 283 g/mol. The van der Waals surface area contributed by atoms with Gasteiger partial charge >= 0.3 is 5.97 Å². The lowest BCUT2D eigenvalue weighted by atomic mass is 10.1. The fraction of sp³-hybridized carbons (Fsp3) is 0.133. The standard InChI is InChI=1S/C15H13N3O3/c19-14-11-3-1-2-4-13(11)18(9-12(14)15(20)21)8-7-17-6-5-16-10-17/h1-6,9-10H,7-8H2,(H,20,21). The zero-order valence-corrected chi connectivity index (χ0v) is 11.1. The summed E-state index contributed by atoms with van der Waals surface area (Å²) in [6.07, 6.45) is 6.63. The van der Waals surface area contributed by atoms with E-state index in [1.54, 1.807) is 29.2 Å². The number of aryl methyl sites for hydroxylation is 2. The van der Waals surface area contributed by atoms with Crippen LogP contribution in [0, 0.1) is 0 Å². The van der Waals surface area contributed by atoms with E-state index in [1.165, 1.54) is 6.20 Å². The molecule has 21 heavy (non-hydrogen) atoms. The summed E-state index contributed by atoms with van der Waals surface area (Å²) < 4.78 is 3.69. The molecule has 0 aliphatic heterocycles. The van der Waals surface area contributed by atoms with Crippen LogP contribution in [0.25, 0.3) is 10.9 Å². The summed E-state index contributed by atoms with van der Waals surface area (Å²) in [6, 6.07) is 7.03. The van der Waals surface area contributed by atoms with Crippen molar-refractivity contribution in [1.82, 2.24) is 14.1 Å². The SMILES string of the molecule is O=C(O)c1cn(CCn2ccnc2)c2ccccc2c1=O. The van der Waals surface area contributed by atoms with Crippen LogP contribution in [-0.2, 0) is 13.1 Å². The molecule has 0 aliphatic rings. The number of benzene rings is 1. The first kappa shape index (κ1) is 13.1. The number of para-hydroxylation sites is 1. The van der Waals surface area contributed by atoms with E-state index in [0.29, 0.717) is 18.5 Å². The number of carboxylic acids is 1. The van der Waals surface area contributed by atoms with Gasteiger partial charge in [-0.25, -0.2) is 9.78 Å². The molecule has 0 unspecified atom stereocenters. The lowest BCUT2D eigenvalue weighted by Crippen LogP contribution is -2.19. The molecule has 0 saturated carbocycles. The van der Waals surface area contributed by atoms with Crippen molar-refractivity contribution in [1.29, 1.82) is 0 Å². The van der Waals surface area contributed by atoms with Crippen molar-refractivity contribution >= 4 is 16.9 Å². The first-order chi connectivity index (χ1) is 10.2. The fourth-order valence-corrected chi connectivity index (χ4v) is 2.32. The monoisotopic (exact) mass is 283 g/mol. The minimum absolute atomic E-state index is 0.209.